The second-order valence-corrected chi connectivity index (χ2v) is 5.64. The number of anilines is 2. The Morgan fingerprint density at radius 2 is 1.90 bits per heavy atom. The van der Waals surface area contributed by atoms with E-state index >= 15 is 0 Å². The summed E-state index contributed by atoms with van der Waals surface area (Å²) in [5.41, 5.74) is 9.73. The first-order chi connectivity index (χ1) is 9.40. The molecule has 0 radical (unpaired) electrons. The molecule has 0 aliphatic heterocycles. The Hall–Kier alpha value is -1.88. The van der Waals surface area contributed by atoms with Gasteiger partial charge in [0.2, 0.25) is 0 Å². The summed E-state index contributed by atoms with van der Waals surface area (Å²) in [7, 11) is 1.87. The van der Waals surface area contributed by atoms with Crippen molar-refractivity contribution in [3.63, 3.8) is 0 Å². The fraction of sp³-hybridized carbons (Fsp3) is 0.333. The minimum Gasteiger partial charge on any atom is -0.389 e. The quantitative estimate of drug-likeness (QED) is 0.848. The van der Waals surface area contributed by atoms with Crippen molar-refractivity contribution in [3.05, 3.63) is 41.1 Å². The number of hydrogen-bond acceptors (Lipinski definition) is 3. The van der Waals surface area contributed by atoms with E-state index < -0.39 is 0 Å². The predicted octanol–water partition coefficient (Wildman–Crippen LogP) is 3.23. The van der Waals surface area contributed by atoms with Gasteiger partial charge < -0.3 is 11.1 Å². The zero-order chi connectivity index (χ0) is 14.9. The minimum absolute atomic E-state index is 0.358. The molecule has 5 heteroatoms. The molecule has 2 aromatic rings. The smallest absolute Gasteiger partial charge is 0.138 e. The van der Waals surface area contributed by atoms with Crippen LogP contribution in [0.3, 0.4) is 0 Å². The first-order valence-corrected chi connectivity index (χ1v) is 7.01. The first-order valence-electron chi connectivity index (χ1n) is 6.60. The monoisotopic (exact) mass is 288 g/mol. The van der Waals surface area contributed by atoms with E-state index in [9.17, 15) is 0 Å². The number of hydrogen-bond donors (Lipinski definition) is 2. The van der Waals surface area contributed by atoms with Crippen LogP contribution < -0.4 is 11.1 Å². The molecule has 0 fully saturated rings. The van der Waals surface area contributed by atoms with Crippen LogP contribution in [-0.2, 0) is 7.05 Å². The highest BCUT2D eigenvalue weighted by Gasteiger charge is 2.15. The first kappa shape index (κ1) is 14.5. The van der Waals surface area contributed by atoms with E-state index in [2.05, 4.69) is 48.5 Å². The molecular weight excluding hydrogens is 268 g/mol. The topological polar surface area (TPSA) is 55.9 Å². The third-order valence-corrected chi connectivity index (χ3v) is 3.51. The third kappa shape index (κ3) is 2.82. The van der Waals surface area contributed by atoms with Crippen LogP contribution in [0.1, 0.15) is 36.6 Å². The van der Waals surface area contributed by atoms with Gasteiger partial charge in [0, 0.05) is 12.7 Å². The van der Waals surface area contributed by atoms with E-state index in [4.69, 9.17) is 18.0 Å². The van der Waals surface area contributed by atoms with Gasteiger partial charge in [-0.05, 0) is 30.5 Å². The van der Waals surface area contributed by atoms with Gasteiger partial charge in [0.1, 0.15) is 10.8 Å². The number of nitrogens with zero attached hydrogens (tertiary/aromatic N) is 2. The Bertz CT molecular complexity index is 626. The van der Waals surface area contributed by atoms with Crippen molar-refractivity contribution in [2.75, 3.05) is 5.32 Å². The van der Waals surface area contributed by atoms with Gasteiger partial charge in [-0.2, -0.15) is 5.10 Å². The zero-order valence-electron chi connectivity index (χ0n) is 12.3. The second-order valence-electron chi connectivity index (χ2n) is 5.20. The zero-order valence-corrected chi connectivity index (χ0v) is 13.1. The fourth-order valence-electron chi connectivity index (χ4n) is 2.18. The standard InChI is InChI=1S/C15H20N4S/c1-9(2)11-5-7-12(8-6-11)17-15-13(14(16)20)10(3)18-19(15)4/h5-9,17H,1-4H3,(H2,16,20). The fourth-order valence-corrected chi connectivity index (χ4v) is 2.43. The highest BCUT2D eigenvalue weighted by molar-refractivity contribution is 7.80. The van der Waals surface area contributed by atoms with Gasteiger partial charge in [0.05, 0.1) is 11.3 Å². The molecule has 0 aliphatic carbocycles. The summed E-state index contributed by atoms with van der Waals surface area (Å²) < 4.78 is 1.76. The van der Waals surface area contributed by atoms with E-state index in [1.54, 1.807) is 4.68 Å². The van der Waals surface area contributed by atoms with Gasteiger partial charge in [-0.3, -0.25) is 4.68 Å². The molecule has 2 rings (SSSR count). The van der Waals surface area contributed by atoms with Gasteiger partial charge in [0.15, 0.2) is 0 Å². The van der Waals surface area contributed by atoms with E-state index in [-0.39, 0.29) is 0 Å². The van der Waals surface area contributed by atoms with Crippen molar-refractivity contribution in [2.24, 2.45) is 12.8 Å². The summed E-state index contributed by atoms with van der Waals surface area (Å²) in [6.07, 6.45) is 0. The molecule has 20 heavy (non-hydrogen) atoms. The molecule has 0 saturated carbocycles. The molecule has 1 aromatic heterocycles. The van der Waals surface area contributed by atoms with Crippen LogP contribution in [0.4, 0.5) is 11.5 Å². The Kier molecular flexibility index (Phi) is 4.09. The molecule has 106 valence electrons. The minimum atomic E-state index is 0.358. The van der Waals surface area contributed by atoms with Crippen LogP contribution >= 0.6 is 12.2 Å². The van der Waals surface area contributed by atoms with Gasteiger partial charge in [-0.15, -0.1) is 0 Å². The van der Waals surface area contributed by atoms with Crippen molar-refractivity contribution < 1.29 is 0 Å². The lowest BCUT2D eigenvalue weighted by Crippen LogP contribution is -2.13. The number of aromatic nitrogens is 2. The molecule has 0 amide bonds. The molecule has 0 aliphatic rings. The number of benzene rings is 1. The maximum atomic E-state index is 5.78. The Labute approximate surface area is 125 Å². The largest absolute Gasteiger partial charge is 0.389 e. The lowest BCUT2D eigenvalue weighted by Gasteiger charge is -2.11. The molecule has 0 bridgehead atoms. The van der Waals surface area contributed by atoms with Crippen LogP contribution in [-0.4, -0.2) is 14.8 Å². The van der Waals surface area contributed by atoms with Crippen LogP contribution in [0.2, 0.25) is 0 Å². The average Bonchev–Trinajstić information content (AvgIpc) is 2.64. The summed E-state index contributed by atoms with van der Waals surface area (Å²) in [5, 5.41) is 7.70. The van der Waals surface area contributed by atoms with Crippen molar-refractivity contribution in [1.29, 1.82) is 0 Å². The maximum absolute atomic E-state index is 5.78. The van der Waals surface area contributed by atoms with Gasteiger partial charge >= 0.3 is 0 Å². The van der Waals surface area contributed by atoms with Crippen molar-refractivity contribution in [2.45, 2.75) is 26.7 Å². The maximum Gasteiger partial charge on any atom is 0.138 e. The number of rotatable bonds is 4. The molecule has 3 N–H and O–H groups in total. The third-order valence-electron chi connectivity index (χ3n) is 3.31. The lowest BCUT2D eigenvalue weighted by molar-refractivity contribution is 0.765. The molecule has 0 unspecified atom stereocenters. The normalized spacial score (nSPS) is 10.8. The van der Waals surface area contributed by atoms with E-state index in [0.29, 0.717) is 10.9 Å². The van der Waals surface area contributed by atoms with Crippen molar-refractivity contribution >= 4 is 28.7 Å². The Morgan fingerprint density at radius 3 is 2.40 bits per heavy atom. The molecule has 0 spiro atoms. The van der Waals surface area contributed by atoms with Crippen molar-refractivity contribution in [1.82, 2.24) is 9.78 Å². The summed E-state index contributed by atoms with van der Waals surface area (Å²) in [4.78, 5) is 0.358. The van der Waals surface area contributed by atoms with Crippen molar-refractivity contribution in [3.8, 4) is 0 Å². The van der Waals surface area contributed by atoms with Gasteiger partial charge in [-0.25, -0.2) is 0 Å². The van der Waals surface area contributed by atoms with Crippen LogP contribution in [0, 0.1) is 6.92 Å². The average molecular weight is 288 g/mol. The van der Waals surface area contributed by atoms with Gasteiger partial charge in [0.25, 0.3) is 0 Å². The second kappa shape index (κ2) is 5.63. The Balaban J connectivity index is 2.32. The highest BCUT2D eigenvalue weighted by Crippen LogP contribution is 2.24. The number of thiocarbonyl (C=S) groups is 1. The molecule has 1 aromatic carbocycles. The van der Waals surface area contributed by atoms with E-state index in [0.717, 1.165) is 22.8 Å². The molecular formula is C15H20N4S. The number of nitrogens with one attached hydrogen (secondary N) is 1. The molecule has 4 nitrogen and oxygen atoms in total. The van der Waals surface area contributed by atoms with Crippen LogP contribution in [0.5, 0.6) is 0 Å². The predicted molar refractivity (Wildman–Crippen MR) is 87.6 cm³/mol. The Morgan fingerprint density at radius 1 is 1.30 bits per heavy atom. The lowest BCUT2D eigenvalue weighted by atomic mass is 10.0. The van der Waals surface area contributed by atoms with Gasteiger partial charge in [-0.1, -0.05) is 38.2 Å². The molecule has 0 atom stereocenters. The van der Waals surface area contributed by atoms with Crippen LogP contribution in [0.15, 0.2) is 24.3 Å². The summed E-state index contributed by atoms with van der Waals surface area (Å²) in [5.74, 6) is 1.35. The highest BCUT2D eigenvalue weighted by atomic mass is 32.1. The molecule has 0 saturated heterocycles. The summed E-state index contributed by atoms with van der Waals surface area (Å²) >= 11 is 5.11. The molecule has 1 heterocycles. The summed E-state index contributed by atoms with van der Waals surface area (Å²) in [6, 6.07) is 8.36. The number of nitrogens with two attached hydrogens (primary N) is 1. The van der Waals surface area contributed by atoms with E-state index in [1.165, 1.54) is 5.56 Å². The number of aryl methyl sites for hydroxylation is 2. The SMILES string of the molecule is Cc1nn(C)c(Nc2ccc(C(C)C)cc2)c1C(N)=S. The van der Waals surface area contributed by atoms with E-state index in [1.807, 2.05) is 14.0 Å². The van der Waals surface area contributed by atoms with Crippen LogP contribution in [0.25, 0.3) is 0 Å². The summed E-state index contributed by atoms with van der Waals surface area (Å²) in [6.45, 7) is 6.26.